The van der Waals surface area contributed by atoms with Crippen LogP contribution < -0.4 is 10.6 Å². The molecule has 1 aliphatic rings. The van der Waals surface area contributed by atoms with E-state index in [4.69, 9.17) is 17.3 Å². The van der Waals surface area contributed by atoms with Crippen molar-refractivity contribution >= 4 is 28.9 Å². The molecule has 1 unspecified atom stereocenters. The number of nitrogens with zero attached hydrogens (tertiary/aromatic N) is 1. The lowest BCUT2D eigenvalue weighted by Crippen LogP contribution is -2.35. The molecule has 1 aliphatic heterocycles. The predicted molar refractivity (Wildman–Crippen MR) is 82.3 cm³/mol. The van der Waals surface area contributed by atoms with Crippen molar-refractivity contribution < 1.29 is 4.79 Å². The molecule has 1 amide bonds. The van der Waals surface area contributed by atoms with Gasteiger partial charge in [0.2, 0.25) is 0 Å². The molecule has 1 heterocycles. The highest BCUT2D eigenvalue weighted by molar-refractivity contribution is 6.31. The molecule has 0 bridgehead atoms. The fourth-order valence-electron chi connectivity index (χ4n) is 2.72. The second kappa shape index (κ2) is 4.84. The van der Waals surface area contributed by atoms with Crippen LogP contribution in [-0.4, -0.2) is 11.9 Å². The SMILES string of the molecule is CC1Cc2cc(N)ccc2N1C(=O)c1cccc(Cl)c1. The molecule has 0 aliphatic carbocycles. The number of carbonyl (C=O) groups is 1. The first kappa shape index (κ1) is 13.0. The second-order valence-electron chi connectivity index (χ2n) is 5.13. The Bertz CT molecular complexity index is 684. The van der Waals surface area contributed by atoms with E-state index in [9.17, 15) is 4.79 Å². The van der Waals surface area contributed by atoms with E-state index in [-0.39, 0.29) is 11.9 Å². The number of nitrogens with two attached hydrogens (primary N) is 1. The molecule has 102 valence electrons. The highest BCUT2D eigenvalue weighted by atomic mass is 35.5. The van der Waals surface area contributed by atoms with Crippen molar-refractivity contribution in [3.05, 3.63) is 58.6 Å². The van der Waals surface area contributed by atoms with Gasteiger partial charge >= 0.3 is 0 Å². The van der Waals surface area contributed by atoms with E-state index >= 15 is 0 Å². The minimum Gasteiger partial charge on any atom is -0.399 e. The Hall–Kier alpha value is -2.00. The van der Waals surface area contributed by atoms with Crippen LogP contribution in [0.2, 0.25) is 5.02 Å². The number of hydrogen-bond acceptors (Lipinski definition) is 2. The maximum Gasteiger partial charge on any atom is 0.258 e. The Kier molecular flexibility index (Phi) is 3.14. The van der Waals surface area contributed by atoms with Crippen molar-refractivity contribution in [2.45, 2.75) is 19.4 Å². The Morgan fingerprint density at radius 1 is 1.30 bits per heavy atom. The molecule has 0 saturated carbocycles. The summed E-state index contributed by atoms with van der Waals surface area (Å²) in [5.41, 5.74) is 9.20. The highest BCUT2D eigenvalue weighted by Crippen LogP contribution is 2.34. The van der Waals surface area contributed by atoms with Crippen LogP contribution in [0.3, 0.4) is 0 Å². The number of rotatable bonds is 1. The summed E-state index contributed by atoms with van der Waals surface area (Å²) in [6.07, 6.45) is 0.826. The maximum atomic E-state index is 12.7. The zero-order chi connectivity index (χ0) is 14.3. The molecule has 3 nitrogen and oxygen atoms in total. The molecule has 0 saturated heterocycles. The van der Waals surface area contributed by atoms with Gasteiger partial charge in [0.1, 0.15) is 0 Å². The number of nitrogen functional groups attached to an aromatic ring is 1. The van der Waals surface area contributed by atoms with Gasteiger partial charge < -0.3 is 10.6 Å². The minimum atomic E-state index is -0.0245. The smallest absolute Gasteiger partial charge is 0.258 e. The van der Waals surface area contributed by atoms with Gasteiger partial charge in [-0.2, -0.15) is 0 Å². The lowest BCUT2D eigenvalue weighted by atomic mass is 10.1. The van der Waals surface area contributed by atoms with Gasteiger partial charge in [-0.1, -0.05) is 17.7 Å². The molecule has 2 aromatic rings. The molecule has 0 radical (unpaired) electrons. The molecule has 4 heteroatoms. The Morgan fingerprint density at radius 3 is 2.85 bits per heavy atom. The van der Waals surface area contributed by atoms with Crippen LogP contribution in [0.5, 0.6) is 0 Å². The lowest BCUT2D eigenvalue weighted by Gasteiger charge is -2.23. The summed E-state index contributed by atoms with van der Waals surface area (Å²) >= 11 is 5.97. The van der Waals surface area contributed by atoms with E-state index in [0.717, 1.165) is 23.4 Å². The van der Waals surface area contributed by atoms with Crippen molar-refractivity contribution in [2.75, 3.05) is 10.6 Å². The van der Waals surface area contributed by atoms with Gasteiger partial charge in [0, 0.05) is 28.0 Å². The van der Waals surface area contributed by atoms with Gasteiger partial charge in [-0.15, -0.1) is 0 Å². The van der Waals surface area contributed by atoms with Crippen LogP contribution in [-0.2, 0) is 6.42 Å². The minimum absolute atomic E-state index is 0.0245. The molecule has 0 aromatic heterocycles. The molecular formula is C16H15ClN2O. The molecule has 20 heavy (non-hydrogen) atoms. The second-order valence-corrected chi connectivity index (χ2v) is 5.56. The van der Waals surface area contributed by atoms with Gasteiger partial charge in [-0.05, 0) is 55.3 Å². The highest BCUT2D eigenvalue weighted by Gasteiger charge is 2.31. The third kappa shape index (κ3) is 2.14. The van der Waals surface area contributed by atoms with Crippen molar-refractivity contribution in [1.82, 2.24) is 0 Å². The summed E-state index contributed by atoms with van der Waals surface area (Å²) in [4.78, 5) is 14.5. The predicted octanol–water partition coefficient (Wildman–Crippen LogP) is 3.51. The molecule has 3 rings (SSSR count). The molecule has 2 aromatic carbocycles. The Morgan fingerprint density at radius 2 is 2.10 bits per heavy atom. The fraction of sp³-hybridized carbons (Fsp3) is 0.188. The third-order valence-corrected chi connectivity index (χ3v) is 3.84. The van der Waals surface area contributed by atoms with Crippen LogP contribution in [0.1, 0.15) is 22.8 Å². The van der Waals surface area contributed by atoms with Gasteiger partial charge in [-0.25, -0.2) is 0 Å². The van der Waals surface area contributed by atoms with Gasteiger partial charge in [0.25, 0.3) is 5.91 Å². The van der Waals surface area contributed by atoms with Gasteiger partial charge in [0.05, 0.1) is 0 Å². The first-order valence-electron chi connectivity index (χ1n) is 6.54. The van der Waals surface area contributed by atoms with Crippen LogP contribution in [0.4, 0.5) is 11.4 Å². The molecule has 1 atom stereocenters. The number of carbonyl (C=O) groups excluding carboxylic acids is 1. The lowest BCUT2D eigenvalue weighted by molar-refractivity contribution is 0.0981. The first-order valence-corrected chi connectivity index (χ1v) is 6.91. The monoisotopic (exact) mass is 286 g/mol. The van der Waals surface area contributed by atoms with Crippen molar-refractivity contribution in [3.63, 3.8) is 0 Å². The average Bonchev–Trinajstić information content (AvgIpc) is 2.73. The summed E-state index contributed by atoms with van der Waals surface area (Å²) in [5.74, 6) is -0.0245. The van der Waals surface area contributed by atoms with Gasteiger partial charge in [-0.3, -0.25) is 4.79 Å². The van der Waals surface area contributed by atoms with Crippen LogP contribution >= 0.6 is 11.6 Å². The number of amides is 1. The first-order chi connectivity index (χ1) is 9.56. The third-order valence-electron chi connectivity index (χ3n) is 3.61. The van der Waals surface area contributed by atoms with Crippen molar-refractivity contribution in [2.24, 2.45) is 0 Å². The summed E-state index contributed by atoms with van der Waals surface area (Å²) in [7, 11) is 0. The Labute approximate surface area is 123 Å². The fourth-order valence-corrected chi connectivity index (χ4v) is 2.91. The average molecular weight is 287 g/mol. The zero-order valence-corrected chi connectivity index (χ0v) is 11.9. The Balaban J connectivity index is 2.01. The van der Waals surface area contributed by atoms with E-state index in [1.165, 1.54) is 0 Å². The van der Waals surface area contributed by atoms with Crippen LogP contribution in [0.25, 0.3) is 0 Å². The van der Waals surface area contributed by atoms with E-state index in [1.54, 1.807) is 24.3 Å². The van der Waals surface area contributed by atoms with Crippen molar-refractivity contribution in [3.8, 4) is 0 Å². The quantitative estimate of drug-likeness (QED) is 0.816. The number of hydrogen-bond donors (Lipinski definition) is 1. The molecular weight excluding hydrogens is 272 g/mol. The van der Waals surface area contributed by atoms with E-state index in [1.807, 2.05) is 30.0 Å². The van der Waals surface area contributed by atoms with E-state index in [2.05, 4.69) is 0 Å². The number of anilines is 2. The zero-order valence-electron chi connectivity index (χ0n) is 11.1. The summed E-state index contributed by atoms with van der Waals surface area (Å²) in [6.45, 7) is 2.04. The maximum absolute atomic E-state index is 12.7. The normalized spacial score (nSPS) is 17.1. The molecule has 2 N–H and O–H groups in total. The van der Waals surface area contributed by atoms with E-state index in [0.29, 0.717) is 10.6 Å². The summed E-state index contributed by atoms with van der Waals surface area (Å²) < 4.78 is 0. The topological polar surface area (TPSA) is 46.3 Å². The largest absolute Gasteiger partial charge is 0.399 e. The standard InChI is InChI=1S/C16H15ClN2O/c1-10-7-12-9-14(18)5-6-15(12)19(10)16(20)11-3-2-4-13(17)8-11/h2-6,8-10H,7,18H2,1H3. The molecule has 0 fully saturated rings. The van der Waals surface area contributed by atoms with Crippen LogP contribution in [0.15, 0.2) is 42.5 Å². The number of benzene rings is 2. The summed E-state index contributed by atoms with van der Waals surface area (Å²) in [5, 5.41) is 0.570. The van der Waals surface area contributed by atoms with Crippen LogP contribution in [0, 0.1) is 0 Å². The number of fused-ring (bicyclic) bond motifs is 1. The van der Waals surface area contributed by atoms with Crippen molar-refractivity contribution in [1.29, 1.82) is 0 Å². The van der Waals surface area contributed by atoms with E-state index < -0.39 is 0 Å². The summed E-state index contributed by atoms with van der Waals surface area (Å²) in [6, 6.07) is 12.9. The molecule has 0 spiro atoms. The van der Waals surface area contributed by atoms with Gasteiger partial charge in [0.15, 0.2) is 0 Å². The number of halogens is 1.